The number of esters is 1. The summed E-state index contributed by atoms with van der Waals surface area (Å²) < 4.78 is 16.6. The van der Waals surface area contributed by atoms with Gasteiger partial charge in [-0.3, -0.25) is 4.79 Å². The highest BCUT2D eigenvalue weighted by atomic mass is 16.5. The molecule has 0 aliphatic heterocycles. The Morgan fingerprint density at radius 2 is 1.88 bits per heavy atom. The van der Waals surface area contributed by atoms with Gasteiger partial charge in [0.05, 0.1) is 13.7 Å². The van der Waals surface area contributed by atoms with Gasteiger partial charge in [0.25, 0.3) is 0 Å². The van der Waals surface area contributed by atoms with Gasteiger partial charge in [-0.15, -0.1) is 0 Å². The third-order valence-corrected chi connectivity index (χ3v) is 4.38. The second-order valence-corrected chi connectivity index (χ2v) is 6.56. The van der Waals surface area contributed by atoms with Gasteiger partial charge in [0.2, 0.25) is 0 Å². The number of allylic oxidation sites excluding steroid dienone is 1. The maximum Gasteiger partial charge on any atom is 0.305 e. The average molecular weight is 348 g/mol. The molecule has 1 rings (SSSR count). The topological polar surface area (TPSA) is 44.8 Å². The zero-order valence-electron chi connectivity index (χ0n) is 16.6. The largest absolute Gasteiger partial charge is 0.494 e. The molecule has 0 fully saturated rings. The fourth-order valence-electron chi connectivity index (χ4n) is 2.61. The quantitative estimate of drug-likeness (QED) is 0.473. The summed E-state index contributed by atoms with van der Waals surface area (Å²) in [6.45, 7) is 13.1. The molecule has 0 aliphatic rings. The zero-order valence-corrected chi connectivity index (χ0v) is 16.6. The first-order valence-corrected chi connectivity index (χ1v) is 8.96. The average Bonchev–Trinajstić information content (AvgIpc) is 2.57. The fraction of sp³-hybridized carbons (Fsp3) is 0.571. The van der Waals surface area contributed by atoms with Crippen molar-refractivity contribution in [1.82, 2.24) is 0 Å². The first-order chi connectivity index (χ1) is 11.8. The highest BCUT2D eigenvalue weighted by molar-refractivity contribution is 5.69. The first kappa shape index (κ1) is 21.1. The van der Waals surface area contributed by atoms with E-state index in [1.165, 1.54) is 12.7 Å². The summed E-state index contributed by atoms with van der Waals surface area (Å²) in [6.07, 6.45) is 0.909. The smallest absolute Gasteiger partial charge is 0.305 e. The van der Waals surface area contributed by atoms with Crippen molar-refractivity contribution in [2.75, 3.05) is 13.7 Å². The molecule has 0 aliphatic carbocycles. The maximum atomic E-state index is 11.3. The molecule has 25 heavy (non-hydrogen) atoms. The Hall–Kier alpha value is -1.97. The predicted octanol–water partition coefficient (Wildman–Crippen LogP) is 4.83. The van der Waals surface area contributed by atoms with Crippen LogP contribution >= 0.6 is 0 Å². The molecule has 0 radical (unpaired) electrons. The van der Waals surface area contributed by atoms with E-state index >= 15 is 0 Å². The van der Waals surface area contributed by atoms with E-state index < -0.39 is 0 Å². The maximum absolute atomic E-state index is 11.3. The van der Waals surface area contributed by atoms with Crippen molar-refractivity contribution < 1.29 is 19.0 Å². The lowest BCUT2D eigenvalue weighted by Gasteiger charge is -2.23. The minimum Gasteiger partial charge on any atom is -0.494 e. The van der Waals surface area contributed by atoms with E-state index in [-0.39, 0.29) is 12.1 Å². The van der Waals surface area contributed by atoms with Crippen LogP contribution in [0.25, 0.3) is 0 Å². The number of hydrogen-bond acceptors (Lipinski definition) is 4. The molecule has 0 aromatic heterocycles. The molecule has 0 saturated heterocycles. The van der Waals surface area contributed by atoms with Crippen molar-refractivity contribution in [3.63, 3.8) is 0 Å². The standard InChI is InChI=1S/C21H32O4/c1-8-24-21(16(5)14(2)3)17(6)25-19-11-9-18(15(4)13-19)10-12-20(22)23-7/h9,11,13-14,17H,8,10,12H2,1-7H3/b21-16+. The number of carbonyl (C=O) groups is 1. The molecule has 0 N–H and O–H groups in total. The van der Waals surface area contributed by atoms with Gasteiger partial charge in [0, 0.05) is 6.42 Å². The van der Waals surface area contributed by atoms with Crippen LogP contribution in [0.5, 0.6) is 5.75 Å². The lowest BCUT2D eigenvalue weighted by molar-refractivity contribution is -0.140. The summed E-state index contributed by atoms with van der Waals surface area (Å²) >= 11 is 0. The normalized spacial score (nSPS) is 13.3. The van der Waals surface area contributed by atoms with Crippen molar-refractivity contribution in [1.29, 1.82) is 0 Å². The highest BCUT2D eigenvalue weighted by Crippen LogP contribution is 2.24. The van der Waals surface area contributed by atoms with Crippen molar-refractivity contribution >= 4 is 5.97 Å². The predicted molar refractivity (Wildman–Crippen MR) is 101 cm³/mol. The molecule has 0 heterocycles. The Morgan fingerprint density at radius 3 is 2.40 bits per heavy atom. The molecular formula is C21H32O4. The van der Waals surface area contributed by atoms with Crippen LogP contribution in [0, 0.1) is 12.8 Å². The summed E-state index contributed by atoms with van der Waals surface area (Å²) in [7, 11) is 1.41. The Balaban J connectivity index is 2.86. The third-order valence-electron chi connectivity index (χ3n) is 4.38. The van der Waals surface area contributed by atoms with Crippen LogP contribution in [0.2, 0.25) is 0 Å². The van der Waals surface area contributed by atoms with Crippen LogP contribution < -0.4 is 4.74 Å². The van der Waals surface area contributed by atoms with Gasteiger partial charge in [-0.05, 0) is 68.9 Å². The van der Waals surface area contributed by atoms with Crippen LogP contribution in [0.1, 0.15) is 52.2 Å². The molecule has 0 saturated carbocycles. The second-order valence-electron chi connectivity index (χ2n) is 6.56. The molecular weight excluding hydrogens is 316 g/mol. The van der Waals surface area contributed by atoms with Crippen LogP contribution in [0.15, 0.2) is 29.5 Å². The van der Waals surface area contributed by atoms with Gasteiger partial charge in [-0.25, -0.2) is 0 Å². The second kappa shape index (κ2) is 10.1. The molecule has 0 bridgehead atoms. The molecule has 140 valence electrons. The van der Waals surface area contributed by atoms with E-state index in [0.29, 0.717) is 25.4 Å². The van der Waals surface area contributed by atoms with Crippen molar-refractivity contribution in [2.45, 2.75) is 60.5 Å². The van der Waals surface area contributed by atoms with Crippen LogP contribution in [0.4, 0.5) is 0 Å². The summed E-state index contributed by atoms with van der Waals surface area (Å²) in [4.78, 5) is 11.3. The SMILES string of the molecule is CCO/C(=C(\C)C(C)C)C(C)Oc1ccc(CCC(=O)OC)c(C)c1. The minimum atomic E-state index is -0.191. The van der Waals surface area contributed by atoms with Gasteiger partial charge in [0.1, 0.15) is 11.5 Å². The van der Waals surface area contributed by atoms with E-state index in [4.69, 9.17) is 14.2 Å². The Morgan fingerprint density at radius 1 is 1.20 bits per heavy atom. The van der Waals surface area contributed by atoms with Crippen LogP contribution in [0.3, 0.4) is 0 Å². The minimum absolute atomic E-state index is 0.150. The summed E-state index contributed by atoms with van der Waals surface area (Å²) in [5.41, 5.74) is 3.45. The molecule has 0 amide bonds. The molecule has 0 spiro atoms. The van der Waals surface area contributed by atoms with Crippen LogP contribution in [-0.4, -0.2) is 25.8 Å². The van der Waals surface area contributed by atoms with Crippen molar-refractivity contribution in [3.05, 3.63) is 40.7 Å². The van der Waals surface area contributed by atoms with E-state index in [2.05, 4.69) is 20.8 Å². The molecule has 1 atom stereocenters. The number of methoxy groups -OCH3 is 1. The number of carbonyl (C=O) groups excluding carboxylic acids is 1. The Labute approximate surface area is 152 Å². The lowest BCUT2D eigenvalue weighted by Crippen LogP contribution is -2.20. The van der Waals surface area contributed by atoms with Gasteiger partial charge >= 0.3 is 5.97 Å². The summed E-state index contributed by atoms with van der Waals surface area (Å²) in [5.74, 6) is 1.93. The van der Waals surface area contributed by atoms with Gasteiger partial charge in [-0.1, -0.05) is 19.9 Å². The van der Waals surface area contributed by atoms with Gasteiger partial charge in [0.15, 0.2) is 6.10 Å². The number of benzene rings is 1. The van der Waals surface area contributed by atoms with Crippen molar-refractivity contribution in [2.24, 2.45) is 5.92 Å². The Kier molecular flexibility index (Phi) is 8.53. The van der Waals surface area contributed by atoms with E-state index in [1.807, 2.05) is 39.0 Å². The summed E-state index contributed by atoms with van der Waals surface area (Å²) in [5, 5.41) is 0. The molecule has 4 heteroatoms. The lowest BCUT2D eigenvalue weighted by atomic mass is 10.0. The molecule has 4 nitrogen and oxygen atoms in total. The molecule has 1 aromatic carbocycles. The number of ether oxygens (including phenoxy) is 3. The van der Waals surface area contributed by atoms with E-state index in [0.717, 1.165) is 22.6 Å². The highest BCUT2D eigenvalue weighted by Gasteiger charge is 2.17. The number of aryl methyl sites for hydroxylation is 2. The van der Waals surface area contributed by atoms with Gasteiger partial charge < -0.3 is 14.2 Å². The number of hydrogen-bond donors (Lipinski definition) is 0. The van der Waals surface area contributed by atoms with E-state index in [9.17, 15) is 4.79 Å². The van der Waals surface area contributed by atoms with E-state index in [1.54, 1.807) is 0 Å². The zero-order chi connectivity index (χ0) is 19.0. The fourth-order valence-corrected chi connectivity index (χ4v) is 2.61. The number of rotatable bonds is 9. The monoisotopic (exact) mass is 348 g/mol. The van der Waals surface area contributed by atoms with Crippen molar-refractivity contribution in [3.8, 4) is 5.75 Å². The first-order valence-electron chi connectivity index (χ1n) is 8.96. The molecule has 1 unspecified atom stereocenters. The Bertz CT molecular complexity index is 602. The summed E-state index contributed by atoms with van der Waals surface area (Å²) in [6, 6.07) is 5.97. The third kappa shape index (κ3) is 6.45. The van der Waals surface area contributed by atoms with Crippen LogP contribution in [-0.2, 0) is 20.7 Å². The van der Waals surface area contributed by atoms with Gasteiger partial charge in [-0.2, -0.15) is 0 Å². The molecule has 1 aromatic rings.